The first-order valence-electron chi connectivity index (χ1n) is 8.90. The van der Waals surface area contributed by atoms with Gasteiger partial charge in [-0.3, -0.25) is 19.2 Å². The Bertz CT molecular complexity index is 623. The third kappa shape index (κ3) is 9.23. The molecular formula is C18H30N4O6. The standard InChI is InChI=1S/C18H30N4O6/c1-6-7-28-9-12(16(25)20-8-13(23)24)21-18(27)15(11(4)5)22-17(26)14(19)10(2)3/h10-12,14-15H,8-9,19H2,1-5H3,(H,20,25)(H,21,27)(H,22,26)(H,23,24)/t12-,14-,15-/m0/s1. The third-order valence-electron chi connectivity index (χ3n) is 3.74. The first kappa shape index (κ1) is 25.2. The number of amides is 3. The molecule has 0 unspecified atom stereocenters. The fraction of sp³-hybridized carbons (Fsp3) is 0.667. The summed E-state index contributed by atoms with van der Waals surface area (Å²) in [6, 6.07) is -2.92. The summed E-state index contributed by atoms with van der Waals surface area (Å²) in [4.78, 5) is 47.6. The number of carbonyl (C=O) groups is 4. The molecule has 0 spiro atoms. The summed E-state index contributed by atoms with van der Waals surface area (Å²) in [5, 5.41) is 15.9. The van der Waals surface area contributed by atoms with Crippen molar-refractivity contribution in [1.82, 2.24) is 16.0 Å². The van der Waals surface area contributed by atoms with E-state index in [0.29, 0.717) is 0 Å². The number of hydrogen-bond acceptors (Lipinski definition) is 6. The van der Waals surface area contributed by atoms with E-state index in [1.807, 2.05) is 0 Å². The number of ether oxygens (including phenoxy) is 1. The molecule has 0 aromatic heterocycles. The van der Waals surface area contributed by atoms with Crippen molar-refractivity contribution in [3.05, 3.63) is 0 Å². The molecule has 6 N–H and O–H groups in total. The van der Waals surface area contributed by atoms with Crippen LogP contribution < -0.4 is 21.7 Å². The van der Waals surface area contributed by atoms with Gasteiger partial charge in [0.1, 0.15) is 31.3 Å². The molecule has 0 rings (SSSR count). The molecule has 3 amide bonds. The summed E-state index contributed by atoms with van der Waals surface area (Å²) in [5.41, 5.74) is 5.81. The van der Waals surface area contributed by atoms with Crippen LogP contribution in [0.4, 0.5) is 0 Å². The molecule has 0 fully saturated rings. The summed E-state index contributed by atoms with van der Waals surface area (Å²) in [5.74, 6) is -1.02. The number of nitrogens with two attached hydrogens (primary N) is 1. The van der Waals surface area contributed by atoms with E-state index in [2.05, 4.69) is 28.0 Å². The number of aliphatic carboxylic acids is 1. The Hall–Kier alpha value is -2.80. The van der Waals surface area contributed by atoms with Gasteiger partial charge in [-0.25, -0.2) is 0 Å². The molecule has 0 aliphatic carbocycles. The highest BCUT2D eigenvalue weighted by molar-refractivity contribution is 5.93. The predicted octanol–water partition coefficient (Wildman–Crippen LogP) is -1.21. The second-order valence-corrected chi connectivity index (χ2v) is 6.84. The number of rotatable bonds is 11. The number of nitrogens with one attached hydrogen (secondary N) is 3. The van der Waals surface area contributed by atoms with Crippen molar-refractivity contribution < 1.29 is 29.0 Å². The van der Waals surface area contributed by atoms with Crippen molar-refractivity contribution in [2.24, 2.45) is 17.6 Å². The summed E-state index contributed by atoms with van der Waals surface area (Å²) >= 11 is 0. The van der Waals surface area contributed by atoms with E-state index in [1.54, 1.807) is 27.7 Å². The lowest BCUT2D eigenvalue weighted by Crippen LogP contribution is -2.59. The van der Waals surface area contributed by atoms with Crippen LogP contribution in [0.15, 0.2) is 0 Å². The van der Waals surface area contributed by atoms with Crippen molar-refractivity contribution in [3.63, 3.8) is 0 Å². The number of hydrogen-bond donors (Lipinski definition) is 5. The molecule has 3 atom stereocenters. The van der Waals surface area contributed by atoms with E-state index in [9.17, 15) is 19.2 Å². The molecule has 28 heavy (non-hydrogen) atoms. The van der Waals surface area contributed by atoms with E-state index in [-0.39, 0.29) is 18.4 Å². The smallest absolute Gasteiger partial charge is 0.322 e. The van der Waals surface area contributed by atoms with E-state index in [0.717, 1.165) is 0 Å². The highest BCUT2D eigenvalue weighted by Crippen LogP contribution is 2.05. The highest BCUT2D eigenvalue weighted by atomic mass is 16.5. The van der Waals surface area contributed by atoms with Gasteiger partial charge in [-0.05, 0) is 11.8 Å². The zero-order valence-electron chi connectivity index (χ0n) is 16.9. The molecule has 10 nitrogen and oxygen atoms in total. The summed E-state index contributed by atoms with van der Waals surface area (Å²) in [7, 11) is 0. The number of carboxylic acid groups (broad SMARTS) is 1. The minimum Gasteiger partial charge on any atom is -0.480 e. The molecule has 0 radical (unpaired) electrons. The summed E-state index contributed by atoms with van der Waals surface area (Å²) < 4.78 is 4.97. The van der Waals surface area contributed by atoms with Crippen molar-refractivity contribution in [2.45, 2.75) is 52.7 Å². The van der Waals surface area contributed by atoms with Crippen LogP contribution in [-0.4, -0.2) is 60.1 Å². The van der Waals surface area contributed by atoms with E-state index in [1.165, 1.54) is 6.92 Å². The van der Waals surface area contributed by atoms with E-state index >= 15 is 0 Å². The zero-order chi connectivity index (χ0) is 21.9. The average Bonchev–Trinajstić information content (AvgIpc) is 2.61. The van der Waals surface area contributed by atoms with E-state index in [4.69, 9.17) is 15.6 Å². The van der Waals surface area contributed by atoms with Crippen LogP contribution in [0.3, 0.4) is 0 Å². The zero-order valence-corrected chi connectivity index (χ0v) is 16.9. The monoisotopic (exact) mass is 398 g/mol. The molecule has 10 heteroatoms. The maximum atomic E-state index is 12.6. The van der Waals surface area contributed by atoms with Gasteiger partial charge in [-0.1, -0.05) is 33.6 Å². The molecule has 0 aliphatic rings. The number of carbonyl (C=O) groups excluding carboxylic acids is 3. The molecule has 0 aromatic carbocycles. The predicted molar refractivity (Wildman–Crippen MR) is 102 cm³/mol. The lowest BCUT2D eigenvalue weighted by Gasteiger charge is -2.26. The third-order valence-corrected chi connectivity index (χ3v) is 3.74. The van der Waals surface area contributed by atoms with Crippen LogP contribution >= 0.6 is 0 Å². The molecule has 0 aliphatic heterocycles. The maximum Gasteiger partial charge on any atom is 0.322 e. The SMILES string of the molecule is CC#COC[C@H](NC(=O)[C@@H](NC(=O)[C@@H](N)C(C)C)C(C)C)C(=O)NCC(=O)O. The quantitative estimate of drug-likeness (QED) is 0.273. The second-order valence-electron chi connectivity index (χ2n) is 6.84. The summed E-state index contributed by atoms with van der Waals surface area (Å²) in [6.07, 6.45) is 2.30. The summed E-state index contributed by atoms with van der Waals surface area (Å²) in [6.45, 7) is 7.64. The minimum absolute atomic E-state index is 0.119. The van der Waals surface area contributed by atoms with Crippen LogP contribution in [0.25, 0.3) is 0 Å². The Morgan fingerprint density at radius 2 is 1.61 bits per heavy atom. The molecule has 0 saturated carbocycles. The fourth-order valence-corrected chi connectivity index (χ4v) is 2.01. The second kappa shape index (κ2) is 12.6. The largest absolute Gasteiger partial charge is 0.480 e. The number of carboxylic acids is 1. The Balaban J connectivity index is 5.22. The van der Waals surface area contributed by atoms with Gasteiger partial charge in [0.05, 0.1) is 6.04 Å². The van der Waals surface area contributed by atoms with Gasteiger partial charge in [0.2, 0.25) is 17.7 Å². The molecular weight excluding hydrogens is 368 g/mol. The van der Waals surface area contributed by atoms with Gasteiger partial charge in [0.15, 0.2) is 0 Å². The van der Waals surface area contributed by atoms with Gasteiger partial charge in [-0.2, -0.15) is 0 Å². The topological polar surface area (TPSA) is 160 Å². The van der Waals surface area contributed by atoms with Crippen molar-refractivity contribution in [1.29, 1.82) is 0 Å². The van der Waals surface area contributed by atoms with Crippen LogP contribution in [0.1, 0.15) is 34.6 Å². The normalized spacial score (nSPS) is 13.6. The van der Waals surface area contributed by atoms with E-state index < -0.39 is 48.4 Å². The first-order valence-corrected chi connectivity index (χ1v) is 8.90. The fourth-order valence-electron chi connectivity index (χ4n) is 2.01. The molecule has 0 bridgehead atoms. The molecule has 0 saturated heterocycles. The molecule has 0 heterocycles. The Labute approximate surface area is 164 Å². The lowest BCUT2D eigenvalue weighted by molar-refractivity contribution is -0.139. The van der Waals surface area contributed by atoms with Crippen LogP contribution in [0.2, 0.25) is 0 Å². The van der Waals surface area contributed by atoms with Gasteiger partial charge in [0.25, 0.3) is 0 Å². The highest BCUT2D eigenvalue weighted by Gasteiger charge is 2.31. The lowest BCUT2D eigenvalue weighted by atomic mass is 10.00. The van der Waals surface area contributed by atoms with Crippen molar-refractivity contribution >= 4 is 23.7 Å². The minimum atomic E-state index is -1.23. The average molecular weight is 398 g/mol. The Morgan fingerprint density at radius 1 is 1.00 bits per heavy atom. The first-order chi connectivity index (χ1) is 13.0. The van der Waals surface area contributed by atoms with Crippen LogP contribution in [-0.2, 0) is 23.9 Å². The Morgan fingerprint density at radius 3 is 2.07 bits per heavy atom. The van der Waals surface area contributed by atoms with Gasteiger partial charge >= 0.3 is 5.97 Å². The maximum absolute atomic E-state index is 12.6. The van der Waals surface area contributed by atoms with Gasteiger partial charge in [0, 0.05) is 6.92 Å². The molecule has 158 valence electrons. The van der Waals surface area contributed by atoms with Crippen LogP contribution in [0.5, 0.6) is 0 Å². The Kier molecular flexibility index (Phi) is 11.3. The van der Waals surface area contributed by atoms with Gasteiger partial charge in [-0.15, -0.1) is 0 Å². The van der Waals surface area contributed by atoms with Crippen molar-refractivity contribution in [2.75, 3.05) is 13.2 Å². The van der Waals surface area contributed by atoms with Crippen LogP contribution in [0, 0.1) is 23.9 Å². The van der Waals surface area contributed by atoms with Crippen molar-refractivity contribution in [3.8, 4) is 12.0 Å². The van der Waals surface area contributed by atoms with Gasteiger partial charge < -0.3 is 31.5 Å². The molecule has 0 aromatic rings.